The molecule has 2 N–H and O–H groups in total. The third kappa shape index (κ3) is 5.38. The lowest BCUT2D eigenvalue weighted by Crippen LogP contribution is -2.14. The summed E-state index contributed by atoms with van der Waals surface area (Å²) in [5.41, 5.74) is 2.56. The summed E-state index contributed by atoms with van der Waals surface area (Å²) < 4.78 is 24.5. The topological polar surface area (TPSA) is 80.2 Å². The molecular formula is C21H21N2O4P. The molecule has 0 unspecified atom stereocenters. The largest absolute Gasteiger partial charge is 0.557 e. The van der Waals surface area contributed by atoms with Gasteiger partial charge in [-0.05, 0) is 50.2 Å². The summed E-state index contributed by atoms with van der Waals surface area (Å²) in [7, 11) is -3.88. The molecule has 0 spiro atoms. The summed E-state index contributed by atoms with van der Waals surface area (Å²) in [4.78, 5) is 0. The number of hydrogen-bond donors (Lipinski definition) is 2. The van der Waals surface area contributed by atoms with Crippen LogP contribution in [0, 0.1) is 13.8 Å². The summed E-state index contributed by atoms with van der Waals surface area (Å²) >= 11 is 0. The number of aromatic hydroxyl groups is 1. The Labute approximate surface area is 164 Å². The van der Waals surface area contributed by atoms with E-state index in [1.165, 1.54) is 12.3 Å². The number of nitrogens with zero attached hydrogens (tertiary/aromatic N) is 1. The Balaban J connectivity index is 1.82. The lowest BCUT2D eigenvalue weighted by Gasteiger charge is -2.18. The Bertz CT molecular complexity index is 950. The summed E-state index contributed by atoms with van der Waals surface area (Å²) in [5.74, 6) is 0.819. The molecule has 0 atom stereocenters. The van der Waals surface area contributed by atoms with Gasteiger partial charge in [-0.15, -0.1) is 0 Å². The van der Waals surface area contributed by atoms with Crippen LogP contribution in [0.4, 0.5) is 0 Å². The predicted molar refractivity (Wildman–Crippen MR) is 110 cm³/mol. The van der Waals surface area contributed by atoms with Crippen molar-refractivity contribution in [3.05, 3.63) is 89.5 Å². The SMILES string of the molecule is Cc1ccc(OP(=O)(N/N=C/c2ccccc2O)Oc2ccc(C)cc2)cc1. The fraction of sp³-hybridized carbons (Fsp3) is 0.0952. The average Bonchev–Trinajstić information content (AvgIpc) is 2.67. The number of benzene rings is 3. The molecule has 144 valence electrons. The molecule has 0 radical (unpaired) electrons. The van der Waals surface area contributed by atoms with Crippen LogP contribution in [0.25, 0.3) is 0 Å². The zero-order valence-corrected chi connectivity index (χ0v) is 16.5. The first-order valence-electron chi connectivity index (χ1n) is 8.64. The number of rotatable bonds is 7. The highest BCUT2D eigenvalue weighted by atomic mass is 31.2. The Morgan fingerprint density at radius 2 is 1.36 bits per heavy atom. The van der Waals surface area contributed by atoms with E-state index in [4.69, 9.17) is 9.05 Å². The number of phenols is 1. The minimum Gasteiger partial charge on any atom is -0.507 e. The van der Waals surface area contributed by atoms with Gasteiger partial charge in [-0.1, -0.05) is 47.5 Å². The van der Waals surface area contributed by atoms with Gasteiger partial charge in [0.2, 0.25) is 0 Å². The maximum Gasteiger partial charge on any atom is 0.557 e. The average molecular weight is 396 g/mol. The zero-order valence-electron chi connectivity index (χ0n) is 15.6. The molecule has 0 heterocycles. The Morgan fingerprint density at radius 3 is 1.86 bits per heavy atom. The predicted octanol–water partition coefficient (Wildman–Crippen LogP) is 5.20. The molecule has 0 aliphatic heterocycles. The standard InChI is InChI=1S/C21H21N2O4P/c1-16-7-11-19(12-8-16)26-28(25,27-20-13-9-17(2)10-14-20)23-22-15-18-5-3-4-6-21(18)24/h3-15,24H,1-2H3,(H,23,25)/b22-15+. The van der Waals surface area contributed by atoms with Crippen LogP contribution in [0.15, 0.2) is 77.9 Å². The summed E-state index contributed by atoms with van der Waals surface area (Å²) in [6, 6.07) is 20.9. The van der Waals surface area contributed by atoms with Gasteiger partial charge >= 0.3 is 7.75 Å². The molecule has 28 heavy (non-hydrogen) atoms. The van der Waals surface area contributed by atoms with Crippen LogP contribution in [0.3, 0.4) is 0 Å². The van der Waals surface area contributed by atoms with Gasteiger partial charge in [0.25, 0.3) is 0 Å². The van der Waals surface area contributed by atoms with Crippen molar-refractivity contribution in [2.45, 2.75) is 13.8 Å². The molecular weight excluding hydrogens is 375 g/mol. The number of hydrazone groups is 1. The van der Waals surface area contributed by atoms with Crippen molar-refractivity contribution in [1.82, 2.24) is 5.20 Å². The zero-order chi connectivity index (χ0) is 20.0. The Morgan fingerprint density at radius 1 is 0.857 bits per heavy atom. The van der Waals surface area contributed by atoms with Gasteiger partial charge in [0.1, 0.15) is 17.2 Å². The number of para-hydroxylation sites is 1. The molecule has 0 aromatic heterocycles. The molecule has 3 aromatic carbocycles. The highest BCUT2D eigenvalue weighted by Crippen LogP contribution is 2.44. The summed E-state index contributed by atoms with van der Waals surface area (Å²) in [6.45, 7) is 3.89. The monoisotopic (exact) mass is 396 g/mol. The van der Waals surface area contributed by atoms with Crippen LogP contribution in [0.1, 0.15) is 16.7 Å². The van der Waals surface area contributed by atoms with E-state index in [0.717, 1.165) is 11.1 Å². The fourth-order valence-corrected chi connectivity index (χ4v) is 3.42. The third-order valence-corrected chi connectivity index (χ3v) is 5.08. The van der Waals surface area contributed by atoms with Crippen molar-refractivity contribution < 1.29 is 18.7 Å². The van der Waals surface area contributed by atoms with E-state index in [-0.39, 0.29) is 5.75 Å². The van der Waals surface area contributed by atoms with Crippen LogP contribution in [0.5, 0.6) is 17.2 Å². The first-order valence-corrected chi connectivity index (χ1v) is 10.2. The second-order valence-electron chi connectivity index (χ2n) is 6.22. The van der Waals surface area contributed by atoms with Crippen molar-refractivity contribution in [3.8, 4) is 17.2 Å². The minimum atomic E-state index is -3.88. The molecule has 0 saturated heterocycles. The lowest BCUT2D eigenvalue weighted by molar-refractivity contribution is 0.372. The lowest BCUT2D eigenvalue weighted by atomic mass is 10.2. The highest BCUT2D eigenvalue weighted by Gasteiger charge is 2.28. The second-order valence-corrected chi connectivity index (χ2v) is 7.78. The molecule has 0 amide bonds. The van der Waals surface area contributed by atoms with Gasteiger partial charge in [-0.2, -0.15) is 10.3 Å². The molecule has 0 aliphatic rings. The van der Waals surface area contributed by atoms with E-state index in [0.29, 0.717) is 17.1 Å². The molecule has 0 bridgehead atoms. The van der Waals surface area contributed by atoms with Crippen LogP contribution < -0.4 is 14.2 Å². The maximum atomic E-state index is 13.3. The quantitative estimate of drug-likeness (QED) is 0.326. The van der Waals surface area contributed by atoms with E-state index in [1.807, 2.05) is 38.1 Å². The van der Waals surface area contributed by atoms with Crippen molar-refractivity contribution in [1.29, 1.82) is 0 Å². The van der Waals surface area contributed by atoms with E-state index in [2.05, 4.69) is 10.3 Å². The number of phenolic OH excluding ortho intramolecular Hbond substituents is 1. The fourth-order valence-electron chi connectivity index (χ4n) is 2.30. The van der Waals surface area contributed by atoms with Crippen molar-refractivity contribution in [2.24, 2.45) is 5.10 Å². The Hall–Kier alpha value is -3.24. The maximum absolute atomic E-state index is 13.3. The molecule has 6 nitrogen and oxygen atoms in total. The van der Waals surface area contributed by atoms with Gasteiger partial charge in [-0.3, -0.25) is 0 Å². The van der Waals surface area contributed by atoms with Gasteiger partial charge in [-0.25, -0.2) is 4.57 Å². The molecule has 0 aliphatic carbocycles. The van der Waals surface area contributed by atoms with Crippen LogP contribution in [-0.2, 0) is 4.57 Å². The van der Waals surface area contributed by atoms with Crippen LogP contribution in [0.2, 0.25) is 0 Å². The molecule has 0 saturated carbocycles. The Kier molecular flexibility index (Phi) is 6.02. The van der Waals surface area contributed by atoms with Crippen molar-refractivity contribution >= 4 is 14.0 Å². The van der Waals surface area contributed by atoms with Crippen LogP contribution in [-0.4, -0.2) is 11.3 Å². The van der Waals surface area contributed by atoms with Gasteiger partial charge in [0.15, 0.2) is 0 Å². The second kappa shape index (κ2) is 8.63. The third-order valence-electron chi connectivity index (χ3n) is 3.81. The van der Waals surface area contributed by atoms with Crippen LogP contribution >= 0.6 is 7.75 Å². The first kappa shape index (κ1) is 19.5. The van der Waals surface area contributed by atoms with Gasteiger partial charge < -0.3 is 14.2 Å². The molecule has 7 heteroatoms. The van der Waals surface area contributed by atoms with E-state index < -0.39 is 7.75 Å². The highest BCUT2D eigenvalue weighted by molar-refractivity contribution is 7.52. The van der Waals surface area contributed by atoms with E-state index in [9.17, 15) is 9.67 Å². The smallest absolute Gasteiger partial charge is 0.507 e. The van der Waals surface area contributed by atoms with Crippen molar-refractivity contribution in [3.63, 3.8) is 0 Å². The number of aryl methyl sites for hydroxylation is 2. The number of hydrogen-bond acceptors (Lipinski definition) is 5. The van der Waals surface area contributed by atoms with Gasteiger partial charge in [0.05, 0.1) is 6.21 Å². The van der Waals surface area contributed by atoms with Gasteiger partial charge in [0, 0.05) is 5.56 Å². The number of nitrogens with one attached hydrogen (secondary N) is 1. The van der Waals surface area contributed by atoms with Crippen molar-refractivity contribution in [2.75, 3.05) is 0 Å². The molecule has 3 aromatic rings. The summed E-state index contributed by atoms with van der Waals surface area (Å²) in [6.07, 6.45) is 1.35. The normalized spacial score (nSPS) is 11.4. The van der Waals surface area contributed by atoms with E-state index in [1.54, 1.807) is 42.5 Å². The molecule has 3 rings (SSSR count). The van der Waals surface area contributed by atoms with E-state index >= 15 is 0 Å². The summed E-state index contributed by atoms with van der Waals surface area (Å²) in [5, 5.41) is 16.2. The molecule has 0 fully saturated rings. The minimum absolute atomic E-state index is 0.0572. The first-order chi connectivity index (χ1) is 13.4.